The third-order valence-corrected chi connectivity index (χ3v) is 20.2. The smallest absolute Gasteiger partial charge is 0.326 e. The highest BCUT2D eigenvalue weighted by molar-refractivity contribution is 6.01. The van der Waals surface area contributed by atoms with Gasteiger partial charge < -0.3 is 136 Å². The van der Waals surface area contributed by atoms with Crippen LogP contribution in [0.3, 0.4) is 0 Å². The number of carboxylic acids is 1. The van der Waals surface area contributed by atoms with E-state index in [1.54, 1.807) is 92.6 Å². The lowest BCUT2D eigenvalue weighted by atomic mass is 9.95. The Morgan fingerprint density at radius 3 is 1.06 bits per heavy atom. The van der Waals surface area contributed by atoms with Gasteiger partial charge in [0.05, 0.1) is 19.1 Å². The van der Waals surface area contributed by atoms with Crippen molar-refractivity contribution >= 4 is 118 Å². The van der Waals surface area contributed by atoms with Gasteiger partial charge in [-0.25, -0.2) is 4.79 Å². The van der Waals surface area contributed by atoms with Crippen LogP contribution < -0.4 is 126 Å². The van der Waals surface area contributed by atoms with Crippen LogP contribution in [0.15, 0.2) is 45.3 Å². The number of primary amides is 2. The van der Waals surface area contributed by atoms with Crippen LogP contribution in [0.1, 0.15) is 186 Å². The van der Waals surface area contributed by atoms with Gasteiger partial charge in [0.25, 0.3) is 0 Å². The van der Waals surface area contributed by atoms with Crippen molar-refractivity contribution in [2.24, 2.45) is 108 Å². The highest BCUT2D eigenvalue weighted by atomic mass is 16.4. The van der Waals surface area contributed by atoms with Crippen molar-refractivity contribution in [2.45, 2.75) is 278 Å². The molecule has 45 nitrogen and oxygen atoms in total. The first-order chi connectivity index (χ1) is 58.4. The Labute approximate surface area is 729 Å². The maximum Gasteiger partial charge on any atom is 0.326 e. The Kier molecular flexibility index (Phi) is 50.3. The normalized spacial score (nSPS) is 15.3. The Morgan fingerprint density at radius 2 is 0.664 bits per heavy atom. The Morgan fingerprint density at radius 1 is 0.344 bits per heavy atom. The van der Waals surface area contributed by atoms with Crippen LogP contribution in [-0.4, -0.2) is 245 Å². The lowest BCUT2D eigenvalue weighted by molar-refractivity contribution is -0.143. The fraction of sp³-hybridized carbons (Fsp3) is 0.675. The van der Waals surface area contributed by atoms with E-state index in [1.807, 2.05) is 6.92 Å². The Balaban J connectivity index is 3.57. The maximum absolute atomic E-state index is 14.5. The molecule has 0 aliphatic heterocycles. The van der Waals surface area contributed by atoms with Crippen molar-refractivity contribution in [2.75, 3.05) is 26.2 Å². The van der Waals surface area contributed by atoms with E-state index in [1.165, 1.54) is 34.6 Å². The summed E-state index contributed by atoms with van der Waals surface area (Å²) in [4.78, 5) is 247. The summed E-state index contributed by atoms with van der Waals surface area (Å²) in [5.41, 5.74) is 50.4. The Bertz CT molecular complexity index is 3850. The molecule has 16 amide bonds. The van der Waals surface area contributed by atoms with Gasteiger partial charge in [0.2, 0.25) is 94.5 Å². The molecule has 0 aliphatic rings. The number of carbonyl (C=O) groups excluding carboxylic acids is 16. The summed E-state index contributed by atoms with van der Waals surface area (Å²) in [6, 6.07) is -13.3. The maximum atomic E-state index is 14.5. The Hall–Kier alpha value is -12.1. The molecule has 704 valence electrons. The van der Waals surface area contributed by atoms with Gasteiger partial charge in [0.1, 0.15) is 84.6 Å². The van der Waals surface area contributed by atoms with E-state index < -0.39 is 252 Å². The average molecular weight is 1770 g/mol. The molecule has 17 atom stereocenters. The second-order valence-corrected chi connectivity index (χ2v) is 32.8. The number of aliphatic hydroxyl groups is 1. The van der Waals surface area contributed by atoms with Gasteiger partial charge in [-0.05, 0) is 105 Å². The number of nitrogens with zero attached hydrogens (tertiary/aromatic N) is 3. The van der Waals surface area contributed by atoms with Crippen molar-refractivity contribution in [3.63, 3.8) is 0 Å². The molecule has 1 aromatic rings. The first kappa shape index (κ1) is 111. The van der Waals surface area contributed by atoms with Crippen molar-refractivity contribution in [1.82, 2.24) is 74.4 Å². The molecule has 125 heavy (non-hydrogen) atoms. The van der Waals surface area contributed by atoms with Crippen molar-refractivity contribution in [3.8, 4) is 0 Å². The van der Waals surface area contributed by atoms with Gasteiger partial charge in [-0.3, -0.25) is 91.7 Å². The number of benzene rings is 1. The lowest BCUT2D eigenvalue weighted by Crippen LogP contribution is -2.63. The SMILES string of the molecule is CC[C@H](C)[C@H](NC(=O)[C@H](CO)NC(=O)[C@H](CC(C)C)NC(=O)[C@@H](NC(=O)[C@H](C)NC(=O)[C@H](Cc1ccccc1)NC(=O)[C@@H](NC(=O)[C@@H](NC(=O)[C@@H](N)CCCN=C(N)N)[C@@H](C)CC)C(C)C)C(C)C)C(=O)N[C@H](C(=O)N[C@@H](CC(N)=O)C(=O)N[C@@H](CCCN=C(N)N)C(=O)N[C@H](C(=O)N[C@@H](CCCN=C(N)N)C(=O)N[C@@H](CCC(N)=O)C(=O)O)C(C)C)C(C)C. The van der Waals surface area contributed by atoms with E-state index in [4.69, 9.17) is 51.6 Å². The number of hydrogen-bond donors (Lipinski definition) is 25. The molecule has 0 spiro atoms. The third kappa shape index (κ3) is 41.8. The van der Waals surface area contributed by atoms with E-state index in [9.17, 15) is 91.7 Å². The minimum Gasteiger partial charge on any atom is -0.480 e. The summed E-state index contributed by atoms with van der Waals surface area (Å²) in [5, 5.41) is 56.4. The van der Waals surface area contributed by atoms with Crippen LogP contribution in [0, 0.1) is 41.4 Å². The standard InChI is InChI=1S/C80H140N26O19/c1-16-43(13)61(105-64(111)47(81)26-21-31-90-78(84)85)75(122)103-59(41(9)10)73(120)98-52(35-46-24-19-18-20-25-46)67(114)93-45(15)63(110)101-57(39(5)6)72(119)97-51(34-38(3)4)68(115)100-54(37-107)70(117)106-62(44(14)17-2)76(123)104-60(42(11)12)74(121)99-53(36-56(83)109)69(116)94-49(28-23-33-92-80(88)89)66(113)102-58(40(7)8)71(118)95-48(27-22-32-91-79(86)87)65(112)96-50(77(124)125)29-30-55(82)108/h18-20,24-25,38-45,47-54,57-62,107H,16-17,21-23,26-37,81H2,1-15H3,(H2,82,108)(H2,83,109)(H,93,114)(H,94,116)(H,95,118)(H,96,112)(H,97,119)(H,98,120)(H,99,121)(H,100,115)(H,101,110)(H,102,113)(H,103,122)(H,104,123)(H,105,111)(H,106,117)(H,124,125)(H4,84,85,90)(H4,86,87,91)(H4,88,89,92)/t43-,44-,45-,47-,48-,49-,50-,51-,52-,53-,54-,57-,58-,59-,60-,61-,62-/m0/s1. The predicted octanol–water partition coefficient (Wildman–Crippen LogP) is -6.50. The van der Waals surface area contributed by atoms with Gasteiger partial charge in [-0.15, -0.1) is 0 Å². The zero-order valence-electron chi connectivity index (χ0n) is 74.5. The van der Waals surface area contributed by atoms with Crippen LogP contribution >= 0.6 is 0 Å². The fourth-order valence-electron chi connectivity index (χ4n) is 12.4. The molecule has 45 heteroatoms. The van der Waals surface area contributed by atoms with Crippen LogP contribution in [-0.2, 0) is 87.9 Å². The zero-order chi connectivity index (χ0) is 95.4. The summed E-state index contributed by atoms with van der Waals surface area (Å²) in [7, 11) is 0. The summed E-state index contributed by atoms with van der Waals surface area (Å²) in [6.45, 7) is 23.2. The molecule has 0 saturated heterocycles. The van der Waals surface area contributed by atoms with E-state index in [0.29, 0.717) is 18.4 Å². The molecule has 34 N–H and O–H groups in total. The lowest BCUT2D eigenvalue weighted by Gasteiger charge is -2.31. The number of aliphatic imine (C=N–C) groups is 3. The van der Waals surface area contributed by atoms with Gasteiger partial charge in [0.15, 0.2) is 17.9 Å². The van der Waals surface area contributed by atoms with Gasteiger partial charge in [-0.1, -0.05) is 140 Å². The minimum atomic E-state index is -1.87. The zero-order valence-corrected chi connectivity index (χ0v) is 74.5. The number of nitrogens with one attached hydrogen (secondary N) is 14. The monoisotopic (exact) mass is 1770 g/mol. The van der Waals surface area contributed by atoms with Crippen LogP contribution in [0.4, 0.5) is 0 Å². The molecule has 0 fully saturated rings. The quantitative estimate of drug-likeness (QED) is 0.0164. The summed E-state index contributed by atoms with van der Waals surface area (Å²) < 4.78 is 0. The van der Waals surface area contributed by atoms with E-state index in [0.717, 1.165) is 0 Å². The number of carboxylic acid groups (broad SMARTS) is 1. The van der Waals surface area contributed by atoms with Gasteiger partial charge in [0, 0.05) is 32.5 Å². The van der Waals surface area contributed by atoms with E-state index in [2.05, 4.69) is 89.4 Å². The molecule has 0 unspecified atom stereocenters. The molecule has 0 heterocycles. The number of amides is 16. The first-order valence-corrected chi connectivity index (χ1v) is 42.0. The fourth-order valence-corrected chi connectivity index (χ4v) is 12.4. The summed E-state index contributed by atoms with van der Waals surface area (Å²) >= 11 is 0. The summed E-state index contributed by atoms with van der Waals surface area (Å²) in [5.74, 6) is -21.5. The highest BCUT2D eigenvalue weighted by Crippen LogP contribution is 2.18. The number of rotatable bonds is 59. The second kappa shape index (κ2) is 56.7. The minimum absolute atomic E-state index is 0.0119. The molecular weight excluding hydrogens is 1630 g/mol. The van der Waals surface area contributed by atoms with Crippen LogP contribution in [0.25, 0.3) is 0 Å². The number of aliphatic hydroxyl groups excluding tert-OH is 1. The third-order valence-electron chi connectivity index (χ3n) is 20.2. The average Bonchev–Trinajstić information content (AvgIpc) is 0.846. The van der Waals surface area contributed by atoms with Gasteiger partial charge in [-0.2, -0.15) is 0 Å². The highest BCUT2D eigenvalue weighted by Gasteiger charge is 2.41. The largest absolute Gasteiger partial charge is 0.480 e. The number of guanidine groups is 3. The topological polar surface area (TPSA) is 770 Å². The molecular formula is C80H140N26O19. The molecule has 0 aromatic heterocycles. The molecule has 0 saturated carbocycles. The molecule has 0 bridgehead atoms. The van der Waals surface area contributed by atoms with E-state index in [-0.39, 0.29) is 94.8 Å². The molecule has 0 aliphatic carbocycles. The molecule has 1 aromatic carbocycles. The van der Waals surface area contributed by atoms with E-state index >= 15 is 0 Å². The van der Waals surface area contributed by atoms with Crippen LogP contribution in [0.5, 0.6) is 0 Å². The number of hydrogen-bond acceptors (Lipinski definition) is 22. The molecule has 0 radical (unpaired) electrons. The number of nitrogens with two attached hydrogens (primary N) is 9. The molecule has 1 rings (SSSR count). The first-order valence-electron chi connectivity index (χ1n) is 42.0. The second-order valence-electron chi connectivity index (χ2n) is 32.8. The van der Waals surface area contributed by atoms with Gasteiger partial charge >= 0.3 is 5.97 Å². The van der Waals surface area contributed by atoms with Crippen molar-refractivity contribution in [1.29, 1.82) is 0 Å². The van der Waals surface area contributed by atoms with Crippen molar-refractivity contribution in [3.05, 3.63) is 35.9 Å². The van der Waals surface area contributed by atoms with Crippen molar-refractivity contribution < 1.29 is 91.7 Å². The predicted molar refractivity (Wildman–Crippen MR) is 465 cm³/mol. The van der Waals surface area contributed by atoms with Crippen LogP contribution in [0.2, 0.25) is 0 Å². The number of aliphatic carboxylic acids is 1. The summed E-state index contributed by atoms with van der Waals surface area (Å²) in [6.07, 6.45) is -1.06. The number of carbonyl (C=O) groups is 17.